The summed E-state index contributed by atoms with van der Waals surface area (Å²) in [5, 5.41) is 9.57. The first-order chi connectivity index (χ1) is 9.77. The third-order valence-electron chi connectivity index (χ3n) is 3.64. The molecule has 21 heavy (non-hydrogen) atoms. The van der Waals surface area contributed by atoms with Crippen LogP contribution in [0.3, 0.4) is 0 Å². The Morgan fingerprint density at radius 1 is 1.33 bits per heavy atom. The summed E-state index contributed by atoms with van der Waals surface area (Å²) in [6, 6.07) is 8.75. The van der Waals surface area contributed by atoms with E-state index in [9.17, 15) is 13.5 Å². The Balaban J connectivity index is 2.33. The van der Waals surface area contributed by atoms with Crippen molar-refractivity contribution in [1.29, 1.82) is 0 Å². The van der Waals surface area contributed by atoms with E-state index in [4.69, 9.17) is 9.47 Å². The van der Waals surface area contributed by atoms with Crippen LogP contribution in [-0.4, -0.2) is 43.9 Å². The van der Waals surface area contributed by atoms with Gasteiger partial charge in [-0.25, -0.2) is 8.42 Å². The van der Waals surface area contributed by atoms with Crippen LogP contribution in [-0.2, 0) is 19.3 Å². The maximum atomic E-state index is 12.4. The van der Waals surface area contributed by atoms with Gasteiger partial charge in [-0.05, 0) is 19.4 Å². The maximum Gasteiger partial charge on any atom is 0.163 e. The Bertz CT molecular complexity index is 567. The molecule has 118 valence electrons. The highest BCUT2D eigenvalue weighted by Crippen LogP contribution is 2.34. The average Bonchev–Trinajstić information content (AvgIpc) is 2.80. The molecular weight excluding hydrogens is 292 g/mol. The normalized spacial score (nSPS) is 24.7. The predicted octanol–water partition coefficient (Wildman–Crippen LogP) is 1.67. The molecule has 1 aliphatic rings. The zero-order valence-electron chi connectivity index (χ0n) is 12.5. The number of ether oxygens (including phenoxy) is 2. The van der Waals surface area contributed by atoms with Crippen LogP contribution in [0.1, 0.15) is 31.6 Å². The quantitative estimate of drug-likeness (QED) is 0.895. The van der Waals surface area contributed by atoms with Crippen LogP contribution in [0.2, 0.25) is 0 Å². The Hall–Kier alpha value is -0.950. The summed E-state index contributed by atoms with van der Waals surface area (Å²) in [6.07, 6.45) is -1.83. The van der Waals surface area contributed by atoms with Gasteiger partial charge in [-0.2, -0.15) is 0 Å². The van der Waals surface area contributed by atoms with Crippen molar-refractivity contribution in [2.45, 2.75) is 44.0 Å². The SMILES string of the molecule is CCS(=O)(=O)[C@@H](c1ccccc1)[C@H](O)[C@H]1COC(C)(C)O1. The number of aliphatic hydroxyl groups excluding tert-OH is 1. The van der Waals surface area contributed by atoms with E-state index in [1.54, 1.807) is 45.0 Å². The zero-order chi connectivity index (χ0) is 15.7. The van der Waals surface area contributed by atoms with Crippen LogP contribution in [0.5, 0.6) is 0 Å². The highest BCUT2D eigenvalue weighted by molar-refractivity contribution is 7.91. The van der Waals surface area contributed by atoms with Crippen molar-refractivity contribution < 1.29 is 23.0 Å². The Labute approximate surface area is 125 Å². The van der Waals surface area contributed by atoms with E-state index in [1.165, 1.54) is 0 Å². The molecule has 1 N–H and O–H groups in total. The molecule has 0 unspecified atom stereocenters. The van der Waals surface area contributed by atoms with Crippen molar-refractivity contribution in [3.05, 3.63) is 35.9 Å². The minimum absolute atomic E-state index is 0.0411. The summed E-state index contributed by atoms with van der Waals surface area (Å²) in [6.45, 7) is 5.24. The smallest absolute Gasteiger partial charge is 0.163 e. The molecule has 1 fully saturated rings. The van der Waals surface area contributed by atoms with Gasteiger partial charge in [0.2, 0.25) is 0 Å². The van der Waals surface area contributed by atoms with Gasteiger partial charge in [-0.3, -0.25) is 0 Å². The van der Waals surface area contributed by atoms with Gasteiger partial charge in [0.05, 0.1) is 6.61 Å². The molecule has 5 nitrogen and oxygen atoms in total. The van der Waals surface area contributed by atoms with Crippen LogP contribution < -0.4 is 0 Å². The lowest BCUT2D eigenvalue weighted by molar-refractivity contribution is -0.151. The van der Waals surface area contributed by atoms with Crippen molar-refractivity contribution in [2.24, 2.45) is 0 Å². The zero-order valence-corrected chi connectivity index (χ0v) is 13.3. The Kier molecular flexibility index (Phi) is 4.72. The molecule has 0 saturated carbocycles. The van der Waals surface area contributed by atoms with Gasteiger partial charge in [-0.1, -0.05) is 37.3 Å². The first-order valence-corrected chi connectivity index (χ1v) is 8.75. The Morgan fingerprint density at radius 3 is 2.43 bits per heavy atom. The first-order valence-electron chi connectivity index (χ1n) is 7.03. The van der Waals surface area contributed by atoms with Gasteiger partial charge in [-0.15, -0.1) is 0 Å². The third-order valence-corrected chi connectivity index (χ3v) is 5.77. The number of hydrogen-bond donors (Lipinski definition) is 1. The topological polar surface area (TPSA) is 72.8 Å². The van der Waals surface area contributed by atoms with Crippen molar-refractivity contribution in [3.8, 4) is 0 Å². The van der Waals surface area contributed by atoms with Crippen molar-refractivity contribution in [3.63, 3.8) is 0 Å². The molecule has 1 aromatic carbocycles. The van der Waals surface area contributed by atoms with E-state index < -0.39 is 33.1 Å². The van der Waals surface area contributed by atoms with E-state index in [2.05, 4.69) is 0 Å². The molecule has 1 aliphatic heterocycles. The van der Waals surface area contributed by atoms with Gasteiger partial charge < -0.3 is 14.6 Å². The molecule has 1 heterocycles. The fourth-order valence-corrected chi connectivity index (χ4v) is 4.05. The van der Waals surface area contributed by atoms with E-state index >= 15 is 0 Å². The lowest BCUT2D eigenvalue weighted by Gasteiger charge is -2.27. The van der Waals surface area contributed by atoms with E-state index in [0.717, 1.165) is 0 Å². The summed E-state index contributed by atoms with van der Waals surface area (Å²) < 4.78 is 35.9. The lowest BCUT2D eigenvalue weighted by atomic mass is 10.0. The molecular formula is C15H22O5S. The lowest BCUT2D eigenvalue weighted by Crippen LogP contribution is -2.39. The van der Waals surface area contributed by atoms with Crippen molar-refractivity contribution in [1.82, 2.24) is 0 Å². The minimum Gasteiger partial charge on any atom is -0.389 e. The largest absolute Gasteiger partial charge is 0.389 e. The molecule has 0 radical (unpaired) electrons. The average molecular weight is 314 g/mol. The van der Waals surface area contributed by atoms with E-state index in [0.29, 0.717) is 5.56 Å². The van der Waals surface area contributed by atoms with Crippen LogP contribution in [0.15, 0.2) is 30.3 Å². The van der Waals surface area contributed by atoms with Gasteiger partial charge in [0.1, 0.15) is 17.5 Å². The van der Waals surface area contributed by atoms with Gasteiger partial charge in [0, 0.05) is 5.75 Å². The molecule has 0 aromatic heterocycles. The first kappa shape index (κ1) is 16.4. The fraction of sp³-hybridized carbons (Fsp3) is 0.600. The second kappa shape index (κ2) is 6.04. The Morgan fingerprint density at radius 2 is 1.95 bits per heavy atom. The molecule has 3 atom stereocenters. The van der Waals surface area contributed by atoms with Crippen LogP contribution in [0.4, 0.5) is 0 Å². The van der Waals surface area contributed by atoms with E-state index in [-0.39, 0.29) is 12.4 Å². The van der Waals surface area contributed by atoms with Crippen LogP contribution >= 0.6 is 0 Å². The maximum absolute atomic E-state index is 12.4. The monoisotopic (exact) mass is 314 g/mol. The van der Waals surface area contributed by atoms with Gasteiger partial charge >= 0.3 is 0 Å². The molecule has 2 rings (SSSR count). The summed E-state index contributed by atoms with van der Waals surface area (Å²) >= 11 is 0. The standard InChI is InChI=1S/C15H22O5S/c1-4-21(17,18)14(11-8-6-5-7-9-11)13(16)12-10-19-15(2,3)20-12/h5-9,12-14,16H,4,10H2,1-3H3/t12-,13-,14+/m1/s1. The summed E-state index contributed by atoms with van der Waals surface area (Å²) in [7, 11) is -3.47. The second-order valence-electron chi connectivity index (χ2n) is 5.64. The number of sulfone groups is 1. The van der Waals surface area contributed by atoms with Crippen LogP contribution in [0.25, 0.3) is 0 Å². The van der Waals surface area contributed by atoms with Crippen LogP contribution in [0, 0.1) is 0 Å². The minimum atomic E-state index is -3.47. The molecule has 1 saturated heterocycles. The summed E-state index contributed by atoms with van der Waals surface area (Å²) in [5.74, 6) is -0.844. The summed E-state index contributed by atoms with van der Waals surface area (Å²) in [5.41, 5.74) is 0.570. The highest BCUT2D eigenvalue weighted by atomic mass is 32.2. The molecule has 6 heteroatoms. The number of rotatable bonds is 5. The number of benzene rings is 1. The van der Waals surface area contributed by atoms with Crippen molar-refractivity contribution in [2.75, 3.05) is 12.4 Å². The second-order valence-corrected chi connectivity index (χ2v) is 8.05. The molecule has 0 amide bonds. The van der Waals surface area contributed by atoms with Gasteiger partial charge in [0.25, 0.3) is 0 Å². The third kappa shape index (κ3) is 3.63. The number of aliphatic hydroxyl groups is 1. The number of hydrogen-bond acceptors (Lipinski definition) is 5. The van der Waals surface area contributed by atoms with Gasteiger partial charge in [0.15, 0.2) is 15.6 Å². The fourth-order valence-electron chi connectivity index (χ4n) is 2.52. The molecule has 0 bridgehead atoms. The summed E-state index contributed by atoms with van der Waals surface area (Å²) in [4.78, 5) is 0. The molecule has 0 spiro atoms. The molecule has 0 aliphatic carbocycles. The van der Waals surface area contributed by atoms with E-state index in [1.807, 2.05) is 6.07 Å². The highest BCUT2D eigenvalue weighted by Gasteiger charge is 2.44. The van der Waals surface area contributed by atoms with Crippen molar-refractivity contribution >= 4 is 9.84 Å². The molecule has 1 aromatic rings. The predicted molar refractivity (Wildman–Crippen MR) is 79.6 cm³/mol.